The Kier molecular flexibility index (Phi) is 3.75. The Balaban J connectivity index is 2.39. The van der Waals surface area contributed by atoms with Gasteiger partial charge in [-0.1, -0.05) is 0 Å². The predicted molar refractivity (Wildman–Crippen MR) is 56.2 cm³/mol. The highest BCUT2D eigenvalue weighted by Crippen LogP contribution is 2.12. The molecule has 1 amide bonds. The molecular formula is C9H12ClNOS. The van der Waals surface area contributed by atoms with E-state index in [1.165, 1.54) is 4.88 Å². The Morgan fingerprint density at radius 1 is 1.77 bits per heavy atom. The summed E-state index contributed by atoms with van der Waals surface area (Å²) in [6.07, 6.45) is 0. The number of halogens is 1. The highest BCUT2D eigenvalue weighted by Gasteiger charge is 2.07. The summed E-state index contributed by atoms with van der Waals surface area (Å²) < 4.78 is 0. The van der Waals surface area contributed by atoms with E-state index in [1.807, 2.05) is 12.3 Å². The van der Waals surface area contributed by atoms with Crippen molar-refractivity contribution in [3.8, 4) is 0 Å². The van der Waals surface area contributed by atoms with E-state index in [0.717, 1.165) is 5.56 Å². The molecule has 1 heterocycles. The third-order valence-electron chi connectivity index (χ3n) is 1.61. The Hall–Kier alpha value is -0.540. The van der Waals surface area contributed by atoms with E-state index in [1.54, 1.807) is 18.3 Å². The molecule has 4 heteroatoms. The number of alkyl halides is 1. The topological polar surface area (TPSA) is 29.1 Å². The van der Waals surface area contributed by atoms with Crippen molar-refractivity contribution in [2.75, 3.05) is 0 Å². The molecule has 0 aromatic carbocycles. The van der Waals surface area contributed by atoms with Crippen LogP contribution in [0.5, 0.6) is 0 Å². The van der Waals surface area contributed by atoms with Gasteiger partial charge in [0.2, 0.25) is 5.91 Å². The van der Waals surface area contributed by atoms with Crippen molar-refractivity contribution in [2.45, 2.75) is 25.8 Å². The number of thiophene rings is 1. The lowest BCUT2D eigenvalue weighted by Gasteiger charge is -2.04. The first-order valence-corrected chi connectivity index (χ1v) is 5.37. The maximum Gasteiger partial charge on any atom is 0.238 e. The average molecular weight is 218 g/mol. The molecule has 1 aromatic rings. The van der Waals surface area contributed by atoms with Crippen LogP contribution in [0.3, 0.4) is 0 Å². The highest BCUT2D eigenvalue weighted by molar-refractivity contribution is 7.10. The number of carbonyl (C=O) groups excluding carboxylic acids is 1. The molecule has 1 N–H and O–H groups in total. The van der Waals surface area contributed by atoms with Crippen molar-refractivity contribution in [3.05, 3.63) is 21.9 Å². The fourth-order valence-electron chi connectivity index (χ4n) is 0.920. The van der Waals surface area contributed by atoms with Crippen LogP contribution in [-0.4, -0.2) is 11.3 Å². The van der Waals surface area contributed by atoms with Crippen LogP contribution in [0.1, 0.15) is 17.4 Å². The highest BCUT2D eigenvalue weighted by atomic mass is 35.5. The molecule has 0 saturated heterocycles. The maximum absolute atomic E-state index is 11.1. The van der Waals surface area contributed by atoms with Crippen molar-refractivity contribution in [1.29, 1.82) is 0 Å². The van der Waals surface area contributed by atoms with E-state index in [-0.39, 0.29) is 5.91 Å². The zero-order valence-corrected chi connectivity index (χ0v) is 9.21. The number of hydrogen-bond donors (Lipinski definition) is 1. The van der Waals surface area contributed by atoms with Crippen LogP contribution >= 0.6 is 22.9 Å². The molecule has 1 unspecified atom stereocenters. The van der Waals surface area contributed by atoms with Gasteiger partial charge in [-0.05, 0) is 30.9 Å². The molecule has 0 bridgehead atoms. The Labute approximate surface area is 86.9 Å². The fourth-order valence-corrected chi connectivity index (χ4v) is 1.71. The third kappa shape index (κ3) is 3.36. The van der Waals surface area contributed by atoms with Crippen LogP contribution in [0.2, 0.25) is 0 Å². The Morgan fingerprint density at radius 3 is 2.92 bits per heavy atom. The SMILES string of the molecule is Cc1cc(CNC(=O)C(C)Cl)cs1. The standard InChI is InChI=1S/C9H12ClNOS/c1-6-3-8(5-13-6)4-11-9(12)7(2)10/h3,5,7H,4H2,1-2H3,(H,11,12). The van der Waals surface area contributed by atoms with Gasteiger partial charge in [0.15, 0.2) is 0 Å². The van der Waals surface area contributed by atoms with Gasteiger partial charge in [-0.15, -0.1) is 22.9 Å². The van der Waals surface area contributed by atoms with Crippen molar-refractivity contribution >= 4 is 28.8 Å². The molecule has 0 aliphatic carbocycles. The molecule has 0 saturated carbocycles. The summed E-state index contributed by atoms with van der Waals surface area (Å²) >= 11 is 7.27. The molecule has 0 aliphatic heterocycles. The van der Waals surface area contributed by atoms with E-state index in [0.29, 0.717) is 6.54 Å². The fraction of sp³-hybridized carbons (Fsp3) is 0.444. The van der Waals surface area contributed by atoms with Gasteiger partial charge in [-0.2, -0.15) is 0 Å². The summed E-state index contributed by atoms with van der Waals surface area (Å²) in [4.78, 5) is 12.3. The molecule has 0 aliphatic rings. The minimum atomic E-state index is -0.459. The molecule has 13 heavy (non-hydrogen) atoms. The van der Waals surface area contributed by atoms with Crippen molar-refractivity contribution in [1.82, 2.24) is 5.32 Å². The number of carbonyl (C=O) groups is 1. The first-order valence-electron chi connectivity index (χ1n) is 4.05. The quantitative estimate of drug-likeness (QED) is 0.774. The van der Waals surface area contributed by atoms with E-state index >= 15 is 0 Å². The van der Waals surface area contributed by atoms with Crippen molar-refractivity contribution in [3.63, 3.8) is 0 Å². The number of hydrogen-bond acceptors (Lipinski definition) is 2. The summed E-state index contributed by atoms with van der Waals surface area (Å²) in [5.41, 5.74) is 1.13. The van der Waals surface area contributed by atoms with Gasteiger partial charge in [0, 0.05) is 11.4 Å². The largest absolute Gasteiger partial charge is 0.351 e. The molecule has 1 aromatic heterocycles. The second-order valence-corrected chi connectivity index (χ2v) is 4.67. The van der Waals surface area contributed by atoms with Gasteiger partial charge in [0.1, 0.15) is 5.38 Å². The third-order valence-corrected chi connectivity index (χ3v) is 2.72. The lowest BCUT2D eigenvalue weighted by molar-refractivity contribution is -0.120. The normalized spacial score (nSPS) is 12.5. The predicted octanol–water partition coefficient (Wildman–Crippen LogP) is 2.30. The molecule has 72 valence electrons. The van der Waals surface area contributed by atoms with Crippen molar-refractivity contribution < 1.29 is 4.79 Å². The van der Waals surface area contributed by atoms with Gasteiger partial charge in [0.05, 0.1) is 0 Å². The van der Waals surface area contributed by atoms with Crippen LogP contribution in [0.15, 0.2) is 11.4 Å². The van der Waals surface area contributed by atoms with Crippen molar-refractivity contribution in [2.24, 2.45) is 0 Å². The zero-order chi connectivity index (χ0) is 9.84. The van der Waals surface area contributed by atoms with E-state index in [4.69, 9.17) is 11.6 Å². The summed E-state index contributed by atoms with van der Waals surface area (Å²) in [6.45, 7) is 4.27. The second-order valence-electron chi connectivity index (χ2n) is 2.90. The number of amides is 1. The zero-order valence-electron chi connectivity index (χ0n) is 7.63. The minimum Gasteiger partial charge on any atom is -0.351 e. The molecule has 1 atom stereocenters. The lowest BCUT2D eigenvalue weighted by Crippen LogP contribution is -2.28. The Morgan fingerprint density at radius 2 is 2.46 bits per heavy atom. The van der Waals surface area contributed by atoms with Gasteiger partial charge in [-0.3, -0.25) is 4.79 Å². The lowest BCUT2D eigenvalue weighted by atomic mass is 10.3. The molecule has 1 rings (SSSR count). The van der Waals surface area contributed by atoms with Gasteiger partial charge in [-0.25, -0.2) is 0 Å². The summed E-state index contributed by atoms with van der Waals surface area (Å²) in [5, 5.41) is 4.33. The number of rotatable bonds is 3. The number of aryl methyl sites for hydroxylation is 1. The summed E-state index contributed by atoms with van der Waals surface area (Å²) in [5.74, 6) is -0.120. The van der Waals surface area contributed by atoms with Crippen LogP contribution in [0, 0.1) is 6.92 Å². The summed E-state index contributed by atoms with van der Waals surface area (Å²) in [7, 11) is 0. The first-order chi connectivity index (χ1) is 6.09. The molecule has 0 spiro atoms. The van der Waals surface area contributed by atoms with E-state index in [9.17, 15) is 4.79 Å². The molecular weight excluding hydrogens is 206 g/mol. The maximum atomic E-state index is 11.1. The monoisotopic (exact) mass is 217 g/mol. The molecule has 0 fully saturated rings. The van der Waals surface area contributed by atoms with Crippen LogP contribution in [-0.2, 0) is 11.3 Å². The Bertz CT molecular complexity index is 296. The van der Waals surface area contributed by atoms with Gasteiger partial charge >= 0.3 is 0 Å². The second kappa shape index (κ2) is 4.63. The first kappa shape index (κ1) is 10.5. The molecule has 2 nitrogen and oxygen atoms in total. The van der Waals surface area contributed by atoms with Crippen LogP contribution < -0.4 is 5.32 Å². The van der Waals surface area contributed by atoms with Crippen LogP contribution in [0.25, 0.3) is 0 Å². The van der Waals surface area contributed by atoms with Gasteiger partial charge in [0.25, 0.3) is 0 Å². The number of nitrogens with one attached hydrogen (secondary N) is 1. The van der Waals surface area contributed by atoms with E-state index in [2.05, 4.69) is 11.4 Å². The minimum absolute atomic E-state index is 0.120. The van der Waals surface area contributed by atoms with Crippen LogP contribution in [0.4, 0.5) is 0 Å². The molecule has 0 radical (unpaired) electrons. The summed E-state index contributed by atoms with van der Waals surface area (Å²) in [6, 6.07) is 2.06. The van der Waals surface area contributed by atoms with E-state index < -0.39 is 5.38 Å². The van der Waals surface area contributed by atoms with Gasteiger partial charge < -0.3 is 5.32 Å². The average Bonchev–Trinajstić information content (AvgIpc) is 2.47. The smallest absolute Gasteiger partial charge is 0.238 e.